The van der Waals surface area contributed by atoms with E-state index in [9.17, 15) is 10.00 Å². The van der Waals surface area contributed by atoms with Crippen LogP contribution in [0.5, 0.6) is 0 Å². The predicted octanol–water partition coefficient (Wildman–Crippen LogP) is -1.52. The molecule has 3 aromatic rings. The predicted molar refractivity (Wildman–Crippen MR) is 110 cm³/mol. The molecule has 2 aromatic heterocycles. The number of nitrogen functional groups attached to an aromatic ring is 1. The van der Waals surface area contributed by atoms with Gasteiger partial charge in [0, 0.05) is 9.92 Å². The van der Waals surface area contributed by atoms with Crippen molar-refractivity contribution in [3.8, 4) is 0 Å². The number of nitrogens with two attached hydrogens (primary N) is 1. The van der Waals surface area contributed by atoms with Crippen LogP contribution >= 0.6 is 30.1 Å². The van der Waals surface area contributed by atoms with Gasteiger partial charge in [0.1, 0.15) is 31.4 Å². The zero-order valence-electron chi connectivity index (χ0n) is 16.0. The van der Waals surface area contributed by atoms with E-state index in [-0.39, 0.29) is 42.0 Å². The first-order chi connectivity index (χ1) is 14.3. The molecule has 2 saturated heterocycles. The average Bonchev–Trinajstić information content (AvgIpc) is 3.21. The number of aliphatic hydroxyl groups excluding tert-OH is 1. The number of ether oxygens (including phenoxy) is 1. The molecule has 2 fully saturated rings. The van der Waals surface area contributed by atoms with Gasteiger partial charge in [-0.3, -0.25) is 4.57 Å². The van der Waals surface area contributed by atoms with Crippen molar-refractivity contribution in [1.29, 1.82) is 0 Å². The van der Waals surface area contributed by atoms with E-state index in [0.29, 0.717) is 21.3 Å². The van der Waals surface area contributed by atoms with Crippen molar-refractivity contribution in [2.24, 2.45) is 0 Å². The van der Waals surface area contributed by atoms with E-state index in [4.69, 9.17) is 42.9 Å². The van der Waals surface area contributed by atoms with Crippen LogP contribution in [0.25, 0.3) is 11.2 Å². The first-order valence-corrected chi connectivity index (χ1v) is 12.5. The number of benzene rings is 1. The van der Waals surface area contributed by atoms with Crippen molar-refractivity contribution >= 4 is 58.9 Å². The van der Waals surface area contributed by atoms with Crippen LogP contribution in [0, 0.1) is 0 Å². The number of hydrogen-bond donors (Lipinski definition) is 2. The summed E-state index contributed by atoms with van der Waals surface area (Å²) >= 11 is 12.1. The summed E-state index contributed by atoms with van der Waals surface area (Å²) < 4.78 is 18.0. The molecule has 158 valence electrons. The molecule has 2 aliphatic heterocycles. The fourth-order valence-corrected chi connectivity index (χ4v) is 5.82. The molecule has 0 amide bonds. The summed E-state index contributed by atoms with van der Waals surface area (Å²) in [5.74, 6) is 0.191. The number of anilines is 1. The molecular weight excluding hydrogens is 496 g/mol. The van der Waals surface area contributed by atoms with Crippen LogP contribution in [0.15, 0.2) is 40.6 Å². The van der Waals surface area contributed by atoms with Crippen molar-refractivity contribution < 1.29 is 53.3 Å². The summed E-state index contributed by atoms with van der Waals surface area (Å²) in [6, 6.07) is 7.18. The van der Waals surface area contributed by atoms with E-state index in [1.54, 1.807) is 16.7 Å². The van der Waals surface area contributed by atoms with Gasteiger partial charge >= 0.3 is 29.6 Å². The molecule has 3 N–H and O–H groups in total. The van der Waals surface area contributed by atoms with Crippen LogP contribution in [0.3, 0.4) is 0 Å². The van der Waals surface area contributed by atoms with Gasteiger partial charge in [-0.2, -0.15) is 0 Å². The first kappa shape index (κ1) is 23.8. The summed E-state index contributed by atoms with van der Waals surface area (Å²) in [6.07, 6.45) is -2.38. The third-order valence-corrected chi connectivity index (χ3v) is 7.48. The maximum atomic E-state index is 12.0. The smallest absolute Gasteiger partial charge is 0.780 e. The van der Waals surface area contributed by atoms with Gasteiger partial charge in [-0.05, 0) is 24.3 Å². The molecular formula is C16H14ClN5NaO5PS2. The molecule has 5 unspecified atom stereocenters. The molecule has 15 heteroatoms. The number of fused-ring (bicyclic) bond motifs is 2. The Morgan fingerprint density at radius 3 is 2.81 bits per heavy atom. The zero-order chi connectivity index (χ0) is 21.0. The van der Waals surface area contributed by atoms with E-state index in [1.807, 2.05) is 12.1 Å². The summed E-state index contributed by atoms with van der Waals surface area (Å²) in [6.45, 7) is -3.72. The molecule has 0 bridgehead atoms. The molecule has 0 radical (unpaired) electrons. The van der Waals surface area contributed by atoms with E-state index in [1.165, 1.54) is 18.1 Å². The second-order valence-electron chi connectivity index (χ2n) is 6.62. The Labute approximate surface area is 213 Å². The Kier molecular flexibility index (Phi) is 7.01. The zero-order valence-corrected chi connectivity index (χ0v) is 21.3. The van der Waals surface area contributed by atoms with Crippen LogP contribution < -0.4 is 40.2 Å². The van der Waals surface area contributed by atoms with E-state index >= 15 is 0 Å². The SMILES string of the molecule is Nc1ncnc2c1nc(Sc1ccc(Cl)cc1)n2C1OC2COP([O-])(=S)OC2C1O.[Na+]. The van der Waals surface area contributed by atoms with Crippen LogP contribution in [0.2, 0.25) is 5.02 Å². The minimum absolute atomic E-state index is 0. The Morgan fingerprint density at radius 1 is 1.32 bits per heavy atom. The van der Waals surface area contributed by atoms with E-state index in [2.05, 4.69) is 15.0 Å². The molecule has 5 atom stereocenters. The molecule has 0 spiro atoms. The minimum Gasteiger partial charge on any atom is -0.780 e. The topological polar surface area (TPSA) is 141 Å². The van der Waals surface area contributed by atoms with Crippen LogP contribution in [0.4, 0.5) is 5.82 Å². The quantitative estimate of drug-likeness (QED) is 0.314. The van der Waals surface area contributed by atoms with Crippen molar-refractivity contribution in [2.45, 2.75) is 34.6 Å². The maximum Gasteiger partial charge on any atom is 1.00 e. The number of hydrogen-bond acceptors (Lipinski definition) is 11. The number of nitrogens with zero attached hydrogens (tertiary/aromatic N) is 4. The summed E-state index contributed by atoms with van der Waals surface area (Å²) in [4.78, 5) is 25.7. The second kappa shape index (κ2) is 9.13. The molecule has 0 saturated carbocycles. The standard InChI is InChI=1S/C16H15ClN5O5PS2.Na/c17-7-1-3-8(4-2-7)30-16-21-10-13(18)19-6-20-14(10)22(16)15-11(23)12-9(26-15)5-25-28(24,29)27-12;/h1-4,6,9,11-12,15,23H,5H2,(H,24,29)(H2,18,19,20);/q;+1/p-1. The van der Waals surface area contributed by atoms with Gasteiger partial charge in [0.25, 0.3) is 0 Å². The number of imidazole rings is 1. The van der Waals surface area contributed by atoms with Crippen molar-refractivity contribution in [3.05, 3.63) is 35.6 Å². The molecule has 31 heavy (non-hydrogen) atoms. The molecule has 1 aromatic carbocycles. The summed E-state index contributed by atoms with van der Waals surface area (Å²) in [7, 11) is 0. The molecule has 4 heterocycles. The van der Waals surface area contributed by atoms with Crippen LogP contribution in [0.1, 0.15) is 6.23 Å². The monoisotopic (exact) mass is 509 g/mol. The van der Waals surface area contributed by atoms with Gasteiger partial charge < -0.3 is 29.5 Å². The third kappa shape index (κ3) is 4.54. The first-order valence-electron chi connectivity index (χ1n) is 8.72. The fraction of sp³-hybridized carbons (Fsp3) is 0.312. The maximum absolute atomic E-state index is 12.0. The number of halogens is 1. The van der Waals surface area contributed by atoms with Crippen molar-refractivity contribution in [3.63, 3.8) is 0 Å². The van der Waals surface area contributed by atoms with Gasteiger partial charge in [0.2, 0.25) is 0 Å². The van der Waals surface area contributed by atoms with Gasteiger partial charge in [-0.1, -0.05) is 35.2 Å². The Balaban J connectivity index is 0.00000231. The Bertz CT molecular complexity index is 1170. The Hall–Kier alpha value is -0.340. The third-order valence-electron chi connectivity index (χ3n) is 4.71. The van der Waals surface area contributed by atoms with Crippen LogP contribution in [-0.4, -0.2) is 49.5 Å². The number of rotatable bonds is 3. The van der Waals surface area contributed by atoms with Gasteiger partial charge in [0.05, 0.1) is 6.61 Å². The molecule has 5 rings (SSSR count). The van der Waals surface area contributed by atoms with Gasteiger partial charge in [-0.25, -0.2) is 15.0 Å². The van der Waals surface area contributed by atoms with E-state index < -0.39 is 31.3 Å². The average molecular weight is 510 g/mol. The Morgan fingerprint density at radius 2 is 2.06 bits per heavy atom. The summed E-state index contributed by atoms with van der Waals surface area (Å²) in [5.41, 5.74) is 6.73. The van der Waals surface area contributed by atoms with Crippen molar-refractivity contribution in [1.82, 2.24) is 19.5 Å². The van der Waals surface area contributed by atoms with Crippen molar-refractivity contribution in [2.75, 3.05) is 12.3 Å². The fourth-order valence-electron chi connectivity index (χ4n) is 3.36. The van der Waals surface area contributed by atoms with Gasteiger partial charge in [-0.15, -0.1) is 0 Å². The number of aromatic nitrogens is 4. The molecule has 2 aliphatic rings. The minimum atomic E-state index is -3.67. The molecule has 0 aliphatic carbocycles. The second-order valence-corrected chi connectivity index (χ2v) is 10.8. The van der Waals surface area contributed by atoms with Gasteiger partial charge in [0.15, 0.2) is 28.4 Å². The van der Waals surface area contributed by atoms with E-state index in [0.717, 1.165) is 4.90 Å². The largest absolute Gasteiger partial charge is 1.00 e. The number of aliphatic hydroxyl groups is 1. The summed E-state index contributed by atoms with van der Waals surface area (Å²) in [5, 5.41) is 12.0. The molecule has 10 nitrogen and oxygen atoms in total. The van der Waals surface area contributed by atoms with Crippen LogP contribution in [-0.2, 0) is 25.6 Å². The normalized spacial score (nSPS) is 30.2.